The van der Waals surface area contributed by atoms with Crippen molar-refractivity contribution in [3.63, 3.8) is 0 Å². The van der Waals surface area contributed by atoms with Crippen molar-refractivity contribution >= 4 is 5.91 Å². The molecular formula is C19H21NO3. The highest BCUT2D eigenvalue weighted by Gasteiger charge is 2.28. The van der Waals surface area contributed by atoms with Gasteiger partial charge in [0.2, 0.25) is 5.91 Å². The second kappa shape index (κ2) is 6.73. The van der Waals surface area contributed by atoms with Crippen LogP contribution in [0.3, 0.4) is 0 Å². The van der Waals surface area contributed by atoms with Gasteiger partial charge in [-0.1, -0.05) is 30.3 Å². The van der Waals surface area contributed by atoms with Gasteiger partial charge in [-0.15, -0.1) is 0 Å². The first-order valence-corrected chi connectivity index (χ1v) is 7.76. The number of hydrogen-bond donors (Lipinski definition) is 0. The maximum absolute atomic E-state index is 12.7. The molecule has 1 amide bonds. The molecule has 0 fully saturated rings. The molecular weight excluding hydrogens is 290 g/mol. The number of benzene rings is 2. The molecule has 2 aromatic rings. The topological polar surface area (TPSA) is 38.8 Å². The lowest BCUT2D eigenvalue weighted by Crippen LogP contribution is -2.38. The number of methoxy groups -OCH3 is 1. The Bertz CT molecular complexity index is 684. The first-order valence-electron chi connectivity index (χ1n) is 7.76. The molecule has 0 aromatic heterocycles. The third-order valence-corrected chi connectivity index (χ3v) is 4.16. The SMILES string of the molecule is COc1ccc2c(c1)C[C@@H](C(=O)N(C)Cc1ccccc1)CO2. The van der Waals surface area contributed by atoms with Crippen molar-refractivity contribution in [3.05, 3.63) is 59.7 Å². The summed E-state index contributed by atoms with van der Waals surface area (Å²) in [5.74, 6) is 1.60. The number of nitrogens with zero attached hydrogens (tertiary/aromatic N) is 1. The molecule has 2 aromatic carbocycles. The third-order valence-electron chi connectivity index (χ3n) is 4.16. The molecule has 120 valence electrons. The van der Waals surface area contributed by atoms with Gasteiger partial charge in [-0.3, -0.25) is 4.79 Å². The van der Waals surface area contributed by atoms with E-state index in [-0.39, 0.29) is 11.8 Å². The molecule has 4 heteroatoms. The van der Waals surface area contributed by atoms with Gasteiger partial charge in [0.05, 0.1) is 13.0 Å². The van der Waals surface area contributed by atoms with Gasteiger partial charge >= 0.3 is 0 Å². The van der Waals surface area contributed by atoms with Crippen molar-refractivity contribution in [2.45, 2.75) is 13.0 Å². The molecule has 1 atom stereocenters. The highest BCUT2D eigenvalue weighted by Crippen LogP contribution is 2.31. The summed E-state index contributed by atoms with van der Waals surface area (Å²) in [6, 6.07) is 15.7. The molecule has 0 saturated carbocycles. The smallest absolute Gasteiger partial charge is 0.229 e. The van der Waals surface area contributed by atoms with E-state index in [9.17, 15) is 4.79 Å². The van der Waals surface area contributed by atoms with Gasteiger partial charge < -0.3 is 14.4 Å². The van der Waals surface area contributed by atoms with Crippen molar-refractivity contribution in [1.29, 1.82) is 0 Å². The van der Waals surface area contributed by atoms with Crippen LogP contribution in [-0.4, -0.2) is 31.6 Å². The van der Waals surface area contributed by atoms with E-state index in [1.54, 1.807) is 12.0 Å². The van der Waals surface area contributed by atoms with Gasteiger partial charge in [-0.2, -0.15) is 0 Å². The zero-order chi connectivity index (χ0) is 16.2. The van der Waals surface area contributed by atoms with E-state index >= 15 is 0 Å². The molecule has 4 nitrogen and oxygen atoms in total. The van der Waals surface area contributed by atoms with Crippen LogP contribution < -0.4 is 9.47 Å². The van der Waals surface area contributed by atoms with Crippen LogP contribution in [0.1, 0.15) is 11.1 Å². The van der Waals surface area contributed by atoms with E-state index in [4.69, 9.17) is 9.47 Å². The van der Waals surface area contributed by atoms with Crippen LogP contribution in [0.5, 0.6) is 11.5 Å². The Hall–Kier alpha value is -2.49. The van der Waals surface area contributed by atoms with Crippen LogP contribution in [-0.2, 0) is 17.8 Å². The lowest BCUT2D eigenvalue weighted by molar-refractivity contribution is -0.136. The quantitative estimate of drug-likeness (QED) is 0.871. The van der Waals surface area contributed by atoms with Crippen LogP contribution in [0.15, 0.2) is 48.5 Å². The minimum Gasteiger partial charge on any atom is -0.497 e. The Morgan fingerprint density at radius 3 is 2.78 bits per heavy atom. The number of rotatable bonds is 4. The zero-order valence-electron chi connectivity index (χ0n) is 13.5. The number of hydrogen-bond acceptors (Lipinski definition) is 3. The van der Waals surface area contributed by atoms with Crippen LogP contribution in [0.25, 0.3) is 0 Å². The maximum Gasteiger partial charge on any atom is 0.229 e. The van der Waals surface area contributed by atoms with Crippen LogP contribution in [0.2, 0.25) is 0 Å². The van der Waals surface area contributed by atoms with Crippen molar-refractivity contribution in [1.82, 2.24) is 4.90 Å². The molecule has 1 aliphatic heterocycles. The third kappa shape index (κ3) is 3.47. The molecule has 0 unspecified atom stereocenters. The predicted octanol–water partition coefficient (Wildman–Crippen LogP) is 2.90. The first kappa shape index (κ1) is 15.4. The number of carbonyl (C=O) groups excluding carboxylic acids is 1. The summed E-state index contributed by atoms with van der Waals surface area (Å²) in [7, 11) is 3.48. The Balaban J connectivity index is 1.68. The number of fused-ring (bicyclic) bond motifs is 1. The standard InChI is InChI=1S/C19H21NO3/c1-20(12-14-6-4-3-5-7-14)19(21)16-10-15-11-17(22-2)8-9-18(15)23-13-16/h3-9,11,16H,10,12-13H2,1-2H3/t16-/m1/s1. The van der Waals surface area contributed by atoms with Gasteiger partial charge in [0.1, 0.15) is 18.1 Å². The molecule has 0 saturated heterocycles. The fraction of sp³-hybridized carbons (Fsp3) is 0.316. The highest BCUT2D eigenvalue weighted by atomic mass is 16.5. The van der Waals surface area contributed by atoms with E-state index in [0.717, 1.165) is 22.6 Å². The number of ether oxygens (including phenoxy) is 2. The van der Waals surface area contributed by atoms with Gasteiger partial charge in [0.25, 0.3) is 0 Å². The lowest BCUT2D eigenvalue weighted by Gasteiger charge is -2.28. The average molecular weight is 311 g/mol. The molecule has 1 aliphatic rings. The summed E-state index contributed by atoms with van der Waals surface area (Å²) in [5, 5.41) is 0. The normalized spacial score (nSPS) is 16.2. The number of amides is 1. The zero-order valence-corrected chi connectivity index (χ0v) is 13.5. The summed E-state index contributed by atoms with van der Waals surface area (Å²) in [6.07, 6.45) is 0.685. The van der Waals surface area contributed by atoms with E-state index in [0.29, 0.717) is 19.6 Å². The van der Waals surface area contributed by atoms with Crippen LogP contribution in [0.4, 0.5) is 0 Å². The van der Waals surface area contributed by atoms with Crippen molar-refractivity contribution in [2.75, 3.05) is 20.8 Å². The molecule has 0 N–H and O–H groups in total. The number of carbonyl (C=O) groups is 1. The Morgan fingerprint density at radius 1 is 1.26 bits per heavy atom. The summed E-state index contributed by atoms with van der Waals surface area (Å²) in [5.41, 5.74) is 2.16. The fourth-order valence-corrected chi connectivity index (χ4v) is 2.90. The maximum atomic E-state index is 12.7. The lowest BCUT2D eigenvalue weighted by atomic mass is 9.95. The van der Waals surface area contributed by atoms with E-state index < -0.39 is 0 Å². The summed E-state index contributed by atoms with van der Waals surface area (Å²) < 4.78 is 11.0. The van der Waals surface area contributed by atoms with E-state index in [1.807, 2.05) is 55.6 Å². The van der Waals surface area contributed by atoms with Gasteiger partial charge in [-0.25, -0.2) is 0 Å². The first-order chi connectivity index (χ1) is 11.2. The molecule has 0 spiro atoms. The monoisotopic (exact) mass is 311 g/mol. The Morgan fingerprint density at radius 2 is 2.04 bits per heavy atom. The average Bonchev–Trinajstić information content (AvgIpc) is 2.60. The summed E-state index contributed by atoms with van der Waals surface area (Å²) in [6.45, 7) is 1.04. The van der Waals surface area contributed by atoms with E-state index in [1.165, 1.54) is 0 Å². The Kier molecular flexibility index (Phi) is 4.51. The summed E-state index contributed by atoms with van der Waals surface area (Å²) >= 11 is 0. The predicted molar refractivity (Wildman–Crippen MR) is 88.6 cm³/mol. The molecule has 0 radical (unpaired) electrons. The molecule has 0 aliphatic carbocycles. The molecule has 23 heavy (non-hydrogen) atoms. The Labute approximate surface area is 136 Å². The molecule has 0 bridgehead atoms. The van der Waals surface area contributed by atoms with E-state index in [2.05, 4.69) is 0 Å². The highest BCUT2D eigenvalue weighted by molar-refractivity contribution is 5.79. The minimum absolute atomic E-state index is 0.113. The van der Waals surface area contributed by atoms with Crippen LogP contribution in [0, 0.1) is 5.92 Å². The van der Waals surface area contributed by atoms with Gasteiger partial charge in [0, 0.05) is 13.6 Å². The van der Waals surface area contributed by atoms with Crippen molar-refractivity contribution in [2.24, 2.45) is 5.92 Å². The molecule has 1 heterocycles. The van der Waals surface area contributed by atoms with Crippen molar-refractivity contribution in [3.8, 4) is 11.5 Å². The van der Waals surface area contributed by atoms with Gasteiger partial charge in [-0.05, 0) is 35.7 Å². The molecule has 3 rings (SSSR count). The minimum atomic E-state index is -0.150. The van der Waals surface area contributed by atoms with Crippen LogP contribution >= 0.6 is 0 Å². The van der Waals surface area contributed by atoms with Crippen molar-refractivity contribution < 1.29 is 14.3 Å². The summed E-state index contributed by atoms with van der Waals surface area (Å²) in [4.78, 5) is 14.5. The fourth-order valence-electron chi connectivity index (χ4n) is 2.90. The second-order valence-corrected chi connectivity index (χ2v) is 5.87. The largest absolute Gasteiger partial charge is 0.497 e. The van der Waals surface area contributed by atoms with Gasteiger partial charge in [0.15, 0.2) is 0 Å². The second-order valence-electron chi connectivity index (χ2n) is 5.87.